The van der Waals surface area contributed by atoms with Gasteiger partial charge in [0.05, 0.1) is 18.5 Å². The van der Waals surface area contributed by atoms with Crippen LogP contribution in [0.5, 0.6) is 5.06 Å². The third-order valence-corrected chi connectivity index (χ3v) is 6.41. The van der Waals surface area contributed by atoms with Gasteiger partial charge in [-0.25, -0.2) is 12.8 Å². The number of rotatable bonds is 3. The molecule has 0 aliphatic carbocycles. The van der Waals surface area contributed by atoms with Crippen molar-refractivity contribution >= 4 is 38.6 Å². The molecule has 0 bridgehead atoms. The molecule has 1 N–H and O–H groups in total. The SMILES string of the molecule is COc1sccc1S(=O)(=O)N1c2cc(F)ccc2NC(=O)C1C. The van der Waals surface area contributed by atoms with Gasteiger partial charge in [-0.3, -0.25) is 9.10 Å². The van der Waals surface area contributed by atoms with Gasteiger partial charge in [0.15, 0.2) is 5.06 Å². The van der Waals surface area contributed by atoms with Crippen LogP contribution in [0.2, 0.25) is 0 Å². The molecular formula is C14H13FN2O4S2. The van der Waals surface area contributed by atoms with Gasteiger partial charge in [-0.1, -0.05) is 0 Å². The molecule has 6 nitrogen and oxygen atoms in total. The van der Waals surface area contributed by atoms with Gasteiger partial charge in [0, 0.05) is 6.07 Å². The fourth-order valence-corrected chi connectivity index (χ4v) is 5.23. The number of anilines is 2. The molecule has 1 aliphatic rings. The van der Waals surface area contributed by atoms with Crippen molar-refractivity contribution in [2.45, 2.75) is 17.9 Å². The Labute approximate surface area is 136 Å². The number of hydrogen-bond acceptors (Lipinski definition) is 5. The smallest absolute Gasteiger partial charge is 0.269 e. The summed E-state index contributed by atoms with van der Waals surface area (Å²) >= 11 is 1.12. The molecule has 0 saturated heterocycles. The summed E-state index contributed by atoms with van der Waals surface area (Å²) < 4.78 is 45.6. The molecule has 1 unspecified atom stereocenters. The number of nitrogens with one attached hydrogen (secondary N) is 1. The average molecular weight is 356 g/mol. The minimum Gasteiger partial charge on any atom is -0.486 e. The highest BCUT2D eigenvalue weighted by Crippen LogP contribution is 2.40. The van der Waals surface area contributed by atoms with Gasteiger partial charge < -0.3 is 10.1 Å². The minimum absolute atomic E-state index is 0.0539. The summed E-state index contributed by atoms with van der Waals surface area (Å²) in [6.45, 7) is 1.44. The summed E-state index contributed by atoms with van der Waals surface area (Å²) in [5.41, 5.74) is 0.331. The quantitative estimate of drug-likeness (QED) is 0.916. The van der Waals surface area contributed by atoms with E-state index in [0.717, 1.165) is 27.8 Å². The summed E-state index contributed by atoms with van der Waals surface area (Å²) in [6.07, 6.45) is 0. The van der Waals surface area contributed by atoms with Crippen molar-refractivity contribution in [3.8, 4) is 5.06 Å². The van der Waals surface area contributed by atoms with Crippen LogP contribution >= 0.6 is 11.3 Å². The maximum Gasteiger partial charge on any atom is 0.269 e. The number of hydrogen-bond donors (Lipinski definition) is 1. The molecule has 1 aliphatic heterocycles. The Morgan fingerprint density at radius 3 is 2.78 bits per heavy atom. The third-order valence-electron chi connectivity index (χ3n) is 3.50. The number of carbonyl (C=O) groups excluding carboxylic acids is 1. The number of methoxy groups -OCH3 is 1. The van der Waals surface area contributed by atoms with Crippen LogP contribution < -0.4 is 14.4 Å². The zero-order valence-electron chi connectivity index (χ0n) is 12.2. The molecule has 2 heterocycles. The Bertz CT molecular complexity index is 879. The van der Waals surface area contributed by atoms with Crippen LogP contribution in [0.15, 0.2) is 34.5 Å². The zero-order chi connectivity index (χ0) is 16.8. The minimum atomic E-state index is -4.08. The largest absolute Gasteiger partial charge is 0.486 e. The molecule has 1 amide bonds. The number of halogens is 1. The highest BCUT2D eigenvalue weighted by atomic mass is 32.2. The normalized spacial score (nSPS) is 17.6. The van der Waals surface area contributed by atoms with Crippen LogP contribution in [0.1, 0.15) is 6.92 Å². The molecule has 2 aromatic rings. The second kappa shape index (κ2) is 5.50. The maximum atomic E-state index is 13.6. The topological polar surface area (TPSA) is 75.7 Å². The van der Waals surface area contributed by atoms with E-state index in [-0.39, 0.29) is 21.3 Å². The van der Waals surface area contributed by atoms with E-state index in [1.54, 1.807) is 5.38 Å². The maximum absolute atomic E-state index is 13.6. The summed E-state index contributed by atoms with van der Waals surface area (Å²) in [5.74, 6) is -1.08. The van der Waals surface area contributed by atoms with E-state index < -0.39 is 27.8 Å². The molecule has 3 rings (SSSR count). The summed E-state index contributed by atoms with van der Waals surface area (Å²) in [6, 6.07) is 3.96. The molecule has 122 valence electrons. The summed E-state index contributed by atoms with van der Waals surface area (Å²) in [4.78, 5) is 12.0. The van der Waals surface area contributed by atoms with Gasteiger partial charge in [0.25, 0.3) is 10.0 Å². The third kappa shape index (κ3) is 2.45. The predicted octanol–water partition coefficient (Wildman–Crippen LogP) is 2.43. The van der Waals surface area contributed by atoms with E-state index in [9.17, 15) is 17.6 Å². The number of nitrogens with zero attached hydrogens (tertiary/aromatic N) is 1. The van der Waals surface area contributed by atoms with Gasteiger partial charge in [-0.2, -0.15) is 0 Å². The first-order valence-electron chi connectivity index (χ1n) is 6.62. The summed E-state index contributed by atoms with van der Waals surface area (Å²) in [5, 5.41) is 4.36. The number of thiophene rings is 1. The molecule has 0 radical (unpaired) electrons. The van der Waals surface area contributed by atoms with Crippen molar-refractivity contribution in [2.75, 3.05) is 16.7 Å². The Hall–Kier alpha value is -2.13. The second-order valence-electron chi connectivity index (χ2n) is 4.90. The van der Waals surface area contributed by atoms with Crippen LogP contribution in [-0.2, 0) is 14.8 Å². The predicted molar refractivity (Wildman–Crippen MR) is 85.0 cm³/mol. The second-order valence-corrected chi connectivity index (χ2v) is 7.57. The fourth-order valence-electron chi connectivity index (χ4n) is 2.41. The van der Waals surface area contributed by atoms with Crippen LogP contribution in [0, 0.1) is 5.82 Å². The lowest BCUT2D eigenvalue weighted by Crippen LogP contribution is -2.49. The Morgan fingerprint density at radius 1 is 1.35 bits per heavy atom. The molecule has 1 atom stereocenters. The summed E-state index contributed by atoms with van der Waals surface area (Å²) in [7, 11) is -2.72. The van der Waals surface area contributed by atoms with E-state index in [0.29, 0.717) is 0 Å². The lowest BCUT2D eigenvalue weighted by molar-refractivity contribution is -0.117. The van der Waals surface area contributed by atoms with Gasteiger partial charge in [0.2, 0.25) is 5.91 Å². The molecular weight excluding hydrogens is 343 g/mol. The highest BCUT2D eigenvalue weighted by Gasteiger charge is 2.40. The monoisotopic (exact) mass is 356 g/mol. The van der Waals surface area contributed by atoms with Crippen LogP contribution in [0.3, 0.4) is 0 Å². The van der Waals surface area contributed by atoms with E-state index in [1.807, 2.05) is 0 Å². The van der Waals surface area contributed by atoms with Gasteiger partial charge in [-0.05, 0) is 30.5 Å². The zero-order valence-corrected chi connectivity index (χ0v) is 13.9. The Morgan fingerprint density at radius 2 is 2.09 bits per heavy atom. The number of fused-ring (bicyclic) bond motifs is 1. The first-order valence-corrected chi connectivity index (χ1v) is 8.94. The van der Waals surface area contributed by atoms with Crippen molar-refractivity contribution in [1.29, 1.82) is 0 Å². The molecule has 0 spiro atoms. The van der Waals surface area contributed by atoms with E-state index in [4.69, 9.17) is 4.74 Å². The standard InChI is InChI=1S/C14H13FN2O4S2/c1-8-13(18)16-10-4-3-9(15)7-11(10)17(8)23(19,20)12-5-6-22-14(12)21-2/h3-8H,1-2H3,(H,16,18). The average Bonchev–Trinajstić information content (AvgIpc) is 2.98. The molecule has 23 heavy (non-hydrogen) atoms. The number of carbonyl (C=O) groups is 1. The molecule has 0 fully saturated rings. The van der Waals surface area contributed by atoms with Crippen molar-refractivity contribution in [2.24, 2.45) is 0 Å². The van der Waals surface area contributed by atoms with Gasteiger partial charge >= 0.3 is 0 Å². The van der Waals surface area contributed by atoms with Crippen molar-refractivity contribution in [3.05, 3.63) is 35.5 Å². The Kier molecular flexibility index (Phi) is 3.77. The number of amides is 1. The van der Waals surface area contributed by atoms with Crippen LogP contribution in [0.4, 0.5) is 15.8 Å². The first-order chi connectivity index (χ1) is 10.9. The lowest BCUT2D eigenvalue weighted by Gasteiger charge is -2.35. The van der Waals surface area contributed by atoms with E-state index in [2.05, 4.69) is 5.32 Å². The van der Waals surface area contributed by atoms with Crippen molar-refractivity contribution < 1.29 is 22.3 Å². The van der Waals surface area contributed by atoms with Crippen LogP contribution in [0.25, 0.3) is 0 Å². The first kappa shape index (κ1) is 15.8. The van der Waals surface area contributed by atoms with Crippen LogP contribution in [-0.4, -0.2) is 27.5 Å². The molecule has 1 aromatic heterocycles. The fraction of sp³-hybridized carbons (Fsp3) is 0.214. The van der Waals surface area contributed by atoms with Crippen molar-refractivity contribution in [3.63, 3.8) is 0 Å². The number of benzene rings is 1. The van der Waals surface area contributed by atoms with Gasteiger partial charge in [-0.15, -0.1) is 11.3 Å². The van der Waals surface area contributed by atoms with Gasteiger partial charge in [0.1, 0.15) is 16.8 Å². The molecule has 9 heteroatoms. The van der Waals surface area contributed by atoms with E-state index >= 15 is 0 Å². The lowest BCUT2D eigenvalue weighted by atomic mass is 10.1. The number of sulfonamides is 1. The number of ether oxygens (including phenoxy) is 1. The molecule has 1 aromatic carbocycles. The highest BCUT2D eigenvalue weighted by molar-refractivity contribution is 7.93. The molecule has 0 saturated carbocycles. The van der Waals surface area contributed by atoms with Crippen molar-refractivity contribution in [1.82, 2.24) is 0 Å². The Balaban J connectivity index is 2.22. The van der Waals surface area contributed by atoms with E-state index in [1.165, 1.54) is 26.2 Å².